The van der Waals surface area contributed by atoms with Crippen LogP contribution in [0.15, 0.2) is 34.2 Å². The minimum atomic E-state index is -0.383. The van der Waals surface area contributed by atoms with Crippen LogP contribution in [0.1, 0.15) is 32.4 Å². The van der Waals surface area contributed by atoms with Gasteiger partial charge in [0.15, 0.2) is 12.4 Å². The van der Waals surface area contributed by atoms with Crippen LogP contribution >= 0.6 is 23.1 Å². The molecule has 0 radical (unpaired) electrons. The standard InChI is InChI=1S/C19H20N2O4S2/c1-12-7-16(14(3)21(12)18-8-13(2)25-20-18)17(22)9-24-19(23)11-26-10-15-5-4-6-27-15/h4-8H,9-11H2,1-3H3. The molecule has 0 fully saturated rings. The van der Waals surface area contributed by atoms with Crippen molar-refractivity contribution in [1.82, 2.24) is 9.72 Å². The van der Waals surface area contributed by atoms with Gasteiger partial charge in [-0.3, -0.25) is 14.2 Å². The third-order valence-corrected chi connectivity index (χ3v) is 6.00. The Morgan fingerprint density at radius 2 is 2.11 bits per heavy atom. The largest absolute Gasteiger partial charge is 0.457 e. The van der Waals surface area contributed by atoms with E-state index in [9.17, 15) is 9.59 Å². The first-order valence-electron chi connectivity index (χ1n) is 8.37. The summed E-state index contributed by atoms with van der Waals surface area (Å²) in [6.07, 6.45) is 0. The summed E-state index contributed by atoms with van der Waals surface area (Å²) in [6.45, 7) is 5.27. The van der Waals surface area contributed by atoms with E-state index in [4.69, 9.17) is 9.26 Å². The van der Waals surface area contributed by atoms with E-state index in [-0.39, 0.29) is 24.1 Å². The van der Waals surface area contributed by atoms with Crippen LogP contribution in [0.25, 0.3) is 5.82 Å². The van der Waals surface area contributed by atoms with Gasteiger partial charge in [-0.25, -0.2) is 0 Å². The number of hydrogen-bond acceptors (Lipinski definition) is 7. The lowest BCUT2D eigenvalue weighted by Crippen LogP contribution is -2.16. The van der Waals surface area contributed by atoms with Gasteiger partial charge in [0.1, 0.15) is 5.76 Å². The molecule has 3 heterocycles. The van der Waals surface area contributed by atoms with Crippen LogP contribution in [0.3, 0.4) is 0 Å². The van der Waals surface area contributed by atoms with Crippen LogP contribution in [-0.4, -0.2) is 33.8 Å². The number of hydrogen-bond donors (Lipinski definition) is 0. The lowest BCUT2D eigenvalue weighted by Gasteiger charge is -2.06. The fourth-order valence-corrected chi connectivity index (χ4v) is 4.41. The van der Waals surface area contributed by atoms with Gasteiger partial charge in [-0.1, -0.05) is 11.2 Å². The van der Waals surface area contributed by atoms with Crippen LogP contribution in [0.4, 0.5) is 0 Å². The molecule has 0 spiro atoms. The zero-order valence-corrected chi connectivity index (χ0v) is 17.0. The maximum Gasteiger partial charge on any atom is 0.316 e. The summed E-state index contributed by atoms with van der Waals surface area (Å²) in [5.74, 6) is 1.70. The fraction of sp³-hybridized carbons (Fsp3) is 0.316. The number of aryl methyl sites for hydroxylation is 2. The number of thiophene rings is 1. The molecule has 0 saturated heterocycles. The Bertz CT molecular complexity index is 941. The van der Waals surface area contributed by atoms with Crippen LogP contribution < -0.4 is 0 Å². The molecule has 0 bridgehead atoms. The van der Waals surface area contributed by atoms with Crippen molar-refractivity contribution in [1.29, 1.82) is 0 Å². The van der Waals surface area contributed by atoms with Gasteiger partial charge < -0.3 is 9.26 Å². The van der Waals surface area contributed by atoms with Gasteiger partial charge in [0.25, 0.3) is 0 Å². The minimum absolute atomic E-state index is 0.225. The van der Waals surface area contributed by atoms with E-state index in [0.29, 0.717) is 17.1 Å². The Kier molecular flexibility index (Phi) is 6.18. The van der Waals surface area contributed by atoms with Gasteiger partial charge in [-0.2, -0.15) is 0 Å². The Balaban J connectivity index is 1.56. The number of esters is 1. The number of Topliss-reactive ketones (excluding diaryl/α,β-unsaturated/α-hetero) is 1. The first kappa shape index (κ1) is 19.4. The summed E-state index contributed by atoms with van der Waals surface area (Å²) in [7, 11) is 0. The summed E-state index contributed by atoms with van der Waals surface area (Å²) in [4.78, 5) is 25.6. The van der Waals surface area contributed by atoms with E-state index >= 15 is 0 Å². The van der Waals surface area contributed by atoms with Crippen molar-refractivity contribution in [2.24, 2.45) is 0 Å². The summed E-state index contributed by atoms with van der Waals surface area (Å²) < 4.78 is 12.1. The van der Waals surface area contributed by atoms with Crippen molar-refractivity contribution in [2.75, 3.05) is 12.4 Å². The molecule has 8 heteroatoms. The maximum atomic E-state index is 12.5. The average Bonchev–Trinajstić information content (AvgIpc) is 3.34. The van der Waals surface area contributed by atoms with Crippen molar-refractivity contribution in [2.45, 2.75) is 26.5 Å². The molecule has 0 aromatic carbocycles. The Morgan fingerprint density at radius 3 is 2.78 bits per heavy atom. The van der Waals surface area contributed by atoms with Crippen LogP contribution in [-0.2, 0) is 15.3 Å². The van der Waals surface area contributed by atoms with Crippen molar-refractivity contribution < 1.29 is 18.8 Å². The molecule has 0 amide bonds. The summed E-state index contributed by atoms with van der Waals surface area (Å²) in [5.41, 5.74) is 2.13. The maximum absolute atomic E-state index is 12.5. The SMILES string of the molecule is Cc1cc(-n2c(C)cc(C(=O)COC(=O)CSCc3cccs3)c2C)no1. The van der Waals surface area contributed by atoms with Crippen LogP contribution in [0.2, 0.25) is 0 Å². The monoisotopic (exact) mass is 404 g/mol. The predicted molar refractivity (Wildman–Crippen MR) is 106 cm³/mol. The highest BCUT2D eigenvalue weighted by Gasteiger charge is 2.19. The van der Waals surface area contributed by atoms with Gasteiger partial charge in [0, 0.05) is 33.6 Å². The third kappa shape index (κ3) is 4.70. The Labute approximate surface area is 165 Å². The van der Waals surface area contributed by atoms with Gasteiger partial charge in [0.2, 0.25) is 5.78 Å². The summed E-state index contributed by atoms with van der Waals surface area (Å²) >= 11 is 3.13. The Morgan fingerprint density at radius 1 is 1.30 bits per heavy atom. The molecule has 0 unspecified atom stereocenters. The number of nitrogens with zero attached hydrogens (tertiary/aromatic N) is 2. The van der Waals surface area contributed by atoms with Gasteiger partial charge >= 0.3 is 5.97 Å². The number of carbonyl (C=O) groups excluding carboxylic acids is 2. The highest BCUT2D eigenvalue weighted by molar-refractivity contribution is 7.99. The molecule has 142 valence electrons. The van der Waals surface area contributed by atoms with E-state index < -0.39 is 0 Å². The molecule has 3 aromatic rings. The van der Waals surface area contributed by atoms with Crippen molar-refractivity contribution in [3.05, 3.63) is 57.2 Å². The zero-order chi connectivity index (χ0) is 19.4. The van der Waals surface area contributed by atoms with Gasteiger partial charge in [-0.15, -0.1) is 23.1 Å². The first-order valence-corrected chi connectivity index (χ1v) is 10.4. The first-order chi connectivity index (χ1) is 13.0. The number of thioether (sulfide) groups is 1. The molecule has 0 aliphatic rings. The number of aromatic nitrogens is 2. The number of carbonyl (C=O) groups is 2. The predicted octanol–water partition coefficient (Wildman–Crippen LogP) is 4.11. The van der Waals surface area contributed by atoms with Gasteiger partial charge in [-0.05, 0) is 38.3 Å². The Hall–Kier alpha value is -2.32. The molecule has 3 aromatic heterocycles. The summed E-state index contributed by atoms with van der Waals surface area (Å²) in [6, 6.07) is 7.59. The van der Waals surface area contributed by atoms with Gasteiger partial charge in [0.05, 0.1) is 5.75 Å². The van der Waals surface area contributed by atoms with Crippen molar-refractivity contribution >= 4 is 34.9 Å². The zero-order valence-electron chi connectivity index (χ0n) is 15.4. The van der Waals surface area contributed by atoms with E-state index in [1.54, 1.807) is 23.5 Å². The second-order valence-electron chi connectivity index (χ2n) is 6.07. The average molecular weight is 405 g/mol. The third-order valence-electron chi connectivity index (χ3n) is 3.98. The topological polar surface area (TPSA) is 74.3 Å². The molecule has 27 heavy (non-hydrogen) atoms. The van der Waals surface area contributed by atoms with Crippen molar-refractivity contribution in [3.8, 4) is 5.82 Å². The number of ether oxygens (including phenoxy) is 1. The molecule has 0 atom stereocenters. The van der Waals surface area contributed by atoms with E-state index in [1.165, 1.54) is 16.6 Å². The minimum Gasteiger partial charge on any atom is -0.457 e. The quantitative estimate of drug-likeness (QED) is 0.415. The fourth-order valence-electron chi connectivity index (χ4n) is 2.75. The second-order valence-corrected chi connectivity index (χ2v) is 8.09. The smallest absolute Gasteiger partial charge is 0.316 e. The lowest BCUT2D eigenvalue weighted by atomic mass is 10.1. The number of rotatable bonds is 8. The summed E-state index contributed by atoms with van der Waals surface area (Å²) in [5, 5.41) is 6.00. The van der Waals surface area contributed by atoms with Crippen LogP contribution in [0.5, 0.6) is 0 Å². The highest BCUT2D eigenvalue weighted by Crippen LogP contribution is 2.21. The van der Waals surface area contributed by atoms with E-state index in [0.717, 1.165) is 17.1 Å². The lowest BCUT2D eigenvalue weighted by molar-refractivity contribution is -0.139. The van der Waals surface area contributed by atoms with E-state index in [1.807, 2.05) is 42.9 Å². The molecule has 0 N–H and O–H groups in total. The molecule has 3 rings (SSSR count). The molecule has 0 aliphatic carbocycles. The van der Waals surface area contributed by atoms with E-state index in [2.05, 4.69) is 5.16 Å². The highest BCUT2D eigenvalue weighted by atomic mass is 32.2. The van der Waals surface area contributed by atoms with Crippen LogP contribution in [0, 0.1) is 20.8 Å². The number of ketones is 1. The molecule has 0 saturated carbocycles. The second kappa shape index (κ2) is 8.58. The normalized spacial score (nSPS) is 10.9. The molecule has 6 nitrogen and oxygen atoms in total. The molecular weight excluding hydrogens is 384 g/mol. The molecule has 0 aliphatic heterocycles. The van der Waals surface area contributed by atoms with Crippen molar-refractivity contribution in [3.63, 3.8) is 0 Å². The molecular formula is C19H20N2O4S2.